The summed E-state index contributed by atoms with van der Waals surface area (Å²) in [5.74, 6) is 0.0583. The van der Waals surface area contributed by atoms with Crippen molar-refractivity contribution >= 4 is 5.91 Å². The maximum atomic E-state index is 11.5. The van der Waals surface area contributed by atoms with Gasteiger partial charge in [-0.3, -0.25) is 4.79 Å². The van der Waals surface area contributed by atoms with E-state index >= 15 is 0 Å². The van der Waals surface area contributed by atoms with Crippen LogP contribution >= 0.6 is 0 Å². The van der Waals surface area contributed by atoms with Crippen molar-refractivity contribution in [3.8, 4) is 0 Å². The van der Waals surface area contributed by atoms with Crippen LogP contribution < -0.4 is 5.73 Å². The first kappa shape index (κ1) is 9.26. The molecule has 1 saturated heterocycles. The van der Waals surface area contributed by atoms with Gasteiger partial charge in [0.05, 0.1) is 0 Å². The molecule has 1 fully saturated rings. The van der Waals surface area contributed by atoms with Gasteiger partial charge < -0.3 is 10.6 Å². The normalized spacial score (nSPS) is 22.8. The number of amides is 1. The van der Waals surface area contributed by atoms with Crippen LogP contribution in [0.1, 0.15) is 19.8 Å². The molecule has 0 bridgehead atoms. The average Bonchev–Trinajstić information content (AvgIpc) is 2.49. The van der Waals surface area contributed by atoms with E-state index in [4.69, 9.17) is 5.73 Å². The molecule has 1 heterocycles. The number of likely N-dealkylation sites (tertiary alicyclic amines) is 1. The molecule has 12 heavy (non-hydrogen) atoms. The van der Waals surface area contributed by atoms with Crippen LogP contribution in [-0.2, 0) is 4.79 Å². The van der Waals surface area contributed by atoms with Gasteiger partial charge in [-0.05, 0) is 19.8 Å². The fraction of sp³-hybridized carbons (Fsp3) is 0.667. The Morgan fingerprint density at radius 1 is 1.75 bits per heavy atom. The number of hydrogen-bond donors (Lipinski definition) is 1. The second kappa shape index (κ2) is 3.72. The lowest BCUT2D eigenvalue weighted by atomic mass is 10.2. The summed E-state index contributed by atoms with van der Waals surface area (Å²) in [6.45, 7) is 6.79. The lowest BCUT2D eigenvalue weighted by Gasteiger charge is -2.23. The Labute approximate surface area is 73.2 Å². The molecule has 1 aliphatic heterocycles. The molecule has 0 aromatic heterocycles. The van der Waals surface area contributed by atoms with E-state index in [1.807, 2.05) is 4.90 Å². The van der Waals surface area contributed by atoms with Gasteiger partial charge in [0, 0.05) is 24.7 Å². The van der Waals surface area contributed by atoms with E-state index in [0.717, 1.165) is 19.4 Å². The number of carbonyl (C=O) groups is 1. The average molecular weight is 168 g/mol. The van der Waals surface area contributed by atoms with Crippen molar-refractivity contribution in [1.29, 1.82) is 0 Å². The van der Waals surface area contributed by atoms with E-state index in [1.165, 1.54) is 0 Å². The van der Waals surface area contributed by atoms with Crippen molar-refractivity contribution in [2.45, 2.75) is 25.8 Å². The quantitative estimate of drug-likeness (QED) is 0.611. The van der Waals surface area contributed by atoms with Gasteiger partial charge in [-0.25, -0.2) is 0 Å². The highest BCUT2D eigenvalue weighted by Gasteiger charge is 2.27. The van der Waals surface area contributed by atoms with Crippen LogP contribution in [0.15, 0.2) is 12.2 Å². The summed E-state index contributed by atoms with van der Waals surface area (Å²) in [4.78, 5) is 13.3. The lowest BCUT2D eigenvalue weighted by molar-refractivity contribution is -0.127. The van der Waals surface area contributed by atoms with Crippen LogP contribution in [0, 0.1) is 0 Å². The van der Waals surface area contributed by atoms with Crippen LogP contribution in [0.5, 0.6) is 0 Å². The Balaban J connectivity index is 2.61. The van der Waals surface area contributed by atoms with E-state index in [2.05, 4.69) is 6.58 Å². The first-order valence-corrected chi connectivity index (χ1v) is 4.33. The third kappa shape index (κ3) is 1.67. The highest BCUT2D eigenvalue weighted by molar-refractivity contribution is 5.92. The van der Waals surface area contributed by atoms with Crippen LogP contribution in [0.4, 0.5) is 0 Å². The van der Waals surface area contributed by atoms with Crippen molar-refractivity contribution in [3.05, 3.63) is 12.2 Å². The van der Waals surface area contributed by atoms with Crippen LogP contribution in [-0.4, -0.2) is 29.9 Å². The van der Waals surface area contributed by atoms with Crippen LogP contribution in [0.2, 0.25) is 0 Å². The van der Waals surface area contributed by atoms with Crippen molar-refractivity contribution in [2.24, 2.45) is 5.73 Å². The largest absolute Gasteiger partial charge is 0.335 e. The van der Waals surface area contributed by atoms with Gasteiger partial charge in [-0.1, -0.05) is 6.58 Å². The molecule has 1 amide bonds. The Hall–Kier alpha value is -0.830. The Morgan fingerprint density at radius 3 is 2.92 bits per heavy atom. The number of nitrogens with zero attached hydrogens (tertiary/aromatic N) is 1. The zero-order valence-electron chi connectivity index (χ0n) is 7.55. The molecule has 1 unspecified atom stereocenters. The Bertz CT molecular complexity index is 201. The van der Waals surface area contributed by atoms with Gasteiger partial charge in [0.15, 0.2) is 0 Å². The third-order valence-corrected chi connectivity index (χ3v) is 2.28. The summed E-state index contributed by atoms with van der Waals surface area (Å²) in [6, 6.07) is 0.245. The number of rotatable bonds is 2. The molecule has 3 heteroatoms. The predicted octanol–water partition coefficient (Wildman–Crippen LogP) is 0.512. The molecule has 1 rings (SSSR count). The monoisotopic (exact) mass is 168 g/mol. The second-order valence-corrected chi connectivity index (χ2v) is 3.31. The molecular weight excluding hydrogens is 152 g/mol. The first-order valence-electron chi connectivity index (χ1n) is 4.33. The van der Waals surface area contributed by atoms with E-state index in [0.29, 0.717) is 12.1 Å². The molecule has 0 saturated carbocycles. The standard InChI is InChI=1S/C9H16N2O/c1-7(2)9(12)11-5-3-4-8(11)6-10/h8H,1,3-6,10H2,2H3. The summed E-state index contributed by atoms with van der Waals surface area (Å²) in [5.41, 5.74) is 6.15. The maximum absolute atomic E-state index is 11.5. The van der Waals surface area contributed by atoms with Gasteiger partial charge in [-0.15, -0.1) is 0 Å². The summed E-state index contributed by atoms with van der Waals surface area (Å²) >= 11 is 0. The molecule has 0 radical (unpaired) electrons. The van der Waals surface area contributed by atoms with Crippen molar-refractivity contribution in [1.82, 2.24) is 4.90 Å². The number of hydrogen-bond acceptors (Lipinski definition) is 2. The van der Waals surface area contributed by atoms with E-state index in [-0.39, 0.29) is 11.9 Å². The molecule has 3 nitrogen and oxygen atoms in total. The van der Waals surface area contributed by atoms with Crippen LogP contribution in [0.3, 0.4) is 0 Å². The molecule has 0 aromatic rings. The number of nitrogens with two attached hydrogens (primary N) is 1. The van der Waals surface area contributed by atoms with E-state index in [1.54, 1.807) is 6.92 Å². The molecule has 1 aliphatic rings. The fourth-order valence-electron chi connectivity index (χ4n) is 1.59. The lowest BCUT2D eigenvalue weighted by Crippen LogP contribution is -2.40. The fourth-order valence-corrected chi connectivity index (χ4v) is 1.59. The summed E-state index contributed by atoms with van der Waals surface area (Å²) in [6.07, 6.45) is 2.11. The van der Waals surface area contributed by atoms with Gasteiger partial charge in [0.1, 0.15) is 0 Å². The minimum Gasteiger partial charge on any atom is -0.335 e. The molecular formula is C9H16N2O. The Morgan fingerprint density at radius 2 is 2.42 bits per heavy atom. The smallest absolute Gasteiger partial charge is 0.249 e. The van der Waals surface area contributed by atoms with Gasteiger partial charge in [-0.2, -0.15) is 0 Å². The summed E-state index contributed by atoms with van der Waals surface area (Å²) in [5, 5.41) is 0. The SMILES string of the molecule is C=C(C)C(=O)N1CCCC1CN. The molecule has 0 aliphatic carbocycles. The Kier molecular flexibility index (Phi) is 2.87. The second-order valence-electron chi connectivity index (χ2n) is 3.31. The number of carbonyl (C=O) groups excluding carboxylic acids is 1. The highest BCUT2D eigenvalue weighted by atomic mass is 16.2. The molecule has 2 N–H and O–H groups in total. The molecule has 68 valence electrons. The maximum Gasteiger partial charge on any atom is 0.249 e. The minimum atomic E-state index is 0.0583. The zero-order valence-corrected chi connectivity index (χ0v) is 7.55. The van der Waals surface area contributed by atoms with E-state index in [9.17, 15) is 4.79 Å². The summed E-state index contributed by atoms with van der Waals surface area (Å²) < 4.78 is 0. The minimum absolute atomic E-state index is 0.0583. The van der Waals surface area contributed by atoms with Gasteiger partial charge >= 0.3 is 0 Å². The van der Waals surface area contributed by atoms with Crippen molar-refractivity contribution < 1.29 is 4.79 Å². The third-order valence-electron chi connectivity index (χ3n) is 2.28. The molecule has 1 atom stereocenters. The van der Waals surface area contributed by atoms with Gasteiger partial charge in [0.25, 0.3) is 0 Å². The zero-order chi connectivity index (χ0) is 9.14. The van der Waals surface area contributed by atoms with Crippen molar-refractivity contribution in [3.63, 3.8) is 0 Å². The predicted molar refractivity (Wildman–Crippen MR) is 48.6 cm³/mol. The van der Waals surface area contributed by atoms with Crippen molar-refractivity contribution in [2.75, 3.05) is 13.1 Å². The first-order chi connectivity index (χ1) is 5.66. The van der Waals surface area contributed by atoms with Crippen LogP contribution in [0.25, 0.3) is 0 Å². The molecule has 0 spiro atoms. The summed E-state index contributed by atoms with van der Waals surface area (Å²) in [7, 11) is 0. The highest BCUT2D eigenvalue weighted by Crippen LogP contribution is 2.17. The molecule has 0 aromatic carbocycles. The van der Waals surface area contributed by atoms with Gasteiger partial charge in [0.2, 0.25) is 5.91 Å². The topological polar surface area (TPSA) is 46.3 Å². The van der Waals surface area contributed by atoms with E-state index < -0.39 is 0 Å².